The number of aromatic nitrogens is 1. The Morgan fingerprint density at radius 3 is 2.67 bits per heavy atom. The molecule has 2 bridgehead atoms. The summed E-state index contributed by atoms with van der Waals surface area (Å²) in [5, 5.41) is 9.83. The molecule has 0 radical (unpaired) electrons. The SMILES string of the molecule is O=C(O)CCCCCN1C(=O)[C@@H]2[C@H]3C[C@@H]([C@H]2C1=O)[C@H]1[C@@H](c2ccco2)c2sc(=O)[nH]c2S[C@H]31. The van der Waals surface area contributed by atoms with Crippen molar-refractivity contribution in [2.24, 2.45) is 29.6 Å². The lowest BCUT2D eigenvalue weighted by Crippen LogP contribution is -2.42. The van der Waals surface area contributed by atoms with E-state index in [4.69, 9.17) is 9.52 Å². The molecule has 7 atom stereocenters. The number of imide groups is 1. The van der Waals surface area contributed by atoms with E-state index in [-0.39, 0.29) is 63.9 Å². The third-order valence-electron chi connectivity index (χ3n) is 7.94. The van der Waals surface area contributed by atoms with Crippen LogP contribution in [-0.4, -0.2) is 44.6 Å². The van der Waals surface area contributed by atoms with Gasteiger partial charge in [0.05, 0.1) is 33.9 Å². The van der Waals surface area contributed by atoms with E-state index in [9.17, 15) is 19.2 Å². The van der Waals surface area contributed by atoms with Crippen molar-refractivity contribution in [3.8, 4) is 0 Å². The highest BCUT2D eigenvalue weighted by Gasteiger charge is 2.69. The van der Waals surface area contributed by atoms with Gasteiger partial charge >= 0.3 is 10.8 Å². The molecular formula is C23H24N2O6S2. The number of carboxylic acids is 1. The highest BCUT2D eigenvalue weighted by molar-refractivity contribution is 8.00. The normalized spacial score (nSPS) is 33.9. The number of fused-ring (bicyclic) bond motifs is 9. The molecule has 2 N–H and O–H groups in total. The Kier molecular flexibility index (Phi) is 5.06. The average Bonchev–Trinajstić information content (AvgIpc) is 3.57. The summed E-state index contributed by atoms with van der Waals surface area (Å²) in [7, 11) is 0. The second kappa shape index (κ2) is 7.87. The topological polar surface area (TPSA) is 121 Å². The summed E-state index contributed by atoms with van der Waals surface area (Å²) in [6, 6.07) is 3.80. The third-order valence-corrected chi connectivity index (χ3v) is 10.5. The molecule has 4 aliphatic rings. The number of hydrogen-bond donors (Lipinski definition) is 2. The van der Waals surface area contributed by atoms with Crippen LogP contribution in [0.2, 0.25) is 0 Å². The molecule has 2 aromatic heterocycles. The van der Waals surface area contributed by atoms with Crippen LogP contribution < -0.4 is 4.87 Å². The summed E-state index contributed by atoms with van der Waals surface area (Å²) < 4.78 is 5.81. The molecule has 2 aliphatic heterocycles. The molecule has 174 valence electrons. The molecule has 2 saturated carbocycles. The van der Waals surface area contributed by atoms with Gasteiger partial charge in [-0.15, -0.1) is 11.8 Å². The van der Waals surface area contributed by atoms with Crippen LogP contribution in [0.1, 0.15) is 48.7 Å². The van der Waals surface area contributed by atoms with Gasteiger partial charge in [0.2, 0.25) is 11.8 Å². The number of rotatable bonds is 7. The summed E-state index contributed by atoms with van der Waals surface area (Å²) >= 11 is 2.89. The number of unbranched alkanes of at least 4 members (excludes halogenated alkanes) is 2. The number of likely N-dealkylation sites (tertiary alicyclic amines) is 1. The van der Waals surface area contributed by atoms with E-state index in [0.29, 0.717) is 25.8 Å². The number of thiazole rings is 1. The molecule has 4 heterocycles. The van der Waals surface area contributed by atoms with Gasteiger partial charge in [0.1, 0.15) is 5.76 Å². The fraction of sp³-hybridized carbons (Fsp3) is 0.565. The van der Waals surface area contributed by atoms with Gasteiger partial charge in [0.25, 0.3) is 0 Å². The van der Waals surface area contributed by atoms with Gasteiger partial charge in [-0.2, -0.15) is 0 Å². The zero-order valence-electron chi connectivity index (χ0n) is 17.8. The maximum atomic E-state index is 13.4. The first-order chi connectivity index (χ1) is 16.0. The van der Waals surface area contributed by atoms with Crippen LogP contribution >= 0.6 is 23.1 Å². The molecule has 0 aromatic carbocycles. The van der Waals surface area contributed by atoms with Gasteiger partial charge in [0, 0.05) is 18.2 Å². The number of aliphatic carboxylic acids is 1. The Hall–Kier alpha value is -2.33. The summed E-state index contributed by atoms with van der Waals surface area (Å²) in [6.45, 7) is 0.370. The molecule has 2 amide bonds. The molecular weight excluding hydrogens is 464 g/mol. The van der Waals surface area contributed by atoms with E-state index >= 15 is 0 Å². The number of nitrogens with one attached hydrogen (secondary N) is 1. The van der Waals surface area contributed by atoms with Gasteiger partial charge in [-0.05, 0) is 49.1 Å². The lowest BCUT2D eigenvalue weighted by molar-refractivity contribution is -0.141. The number of nitrogens with zero attached hydrogens (tertiary/aromatic N) is 1. The van der Waals surface area contributed by atoms with Gasteiger partial charge in [-0.1, -0.05) is 17.8 Å². The number of furan rings is 1. The highest BCUT2D eigenvalue weighted by atomic mass is 32.2. The second-order valence-electron chi connectivity index (χ2n) is 9.51. The molecule has 8 nitrogen and oxygen atoms in total. The van der Waals surface area contributed by atoms with Gasteiger partial charge in [-0.25, -0.2) is 0 Å². The average molecular weight is 489 g/mol. The molecule has 0 spiro atoms. The molecule has 10 heteroatoms. The first-order valence-corrected chi connectivity index (χ1v) is 13.2. The molecule has 2 aromatic rings. The van der Waals surface area contributed by atoms with Crippen molar-refractivity contribution >= 4 is 40.9 Å². The van der Waals surface area contributed by atoms with Crippen LogP contribution in [0.5, 0.6) is 0 Å². The van der Waals surface area contributed by atoms with E-state index in [1.165, 1.54) is 16.2 Å². The molecule has 1 saturated heterocycles. The number of amides is 2. The summed E-state index contributed by atoms with van der Waals surface area (Å²) in [5.74, 6) is -0.429. The van der Waals surface area contributed by atoms with Crippen molar-refractivity contribution in [2.75, 3.05) is 6.54 Å². The summed E-state index contributed by atoms with van der Waals surface area (Å²) in [4.78, 5) is 54.9. The molecule has 2 aliphatic carbocycles. The lowest BCUT2D eigenvalue weighted by atomic mass is 9.69. The zero-order valence-corrected chi connectivity index (χ0v) is 19.4. The first kappa shape index (κ1) is 21.2. The van der Waals surface area contributed by atoms with Crippen LogP contribution in [0.3, 0.4) is 0 Å². The monoisotopic (exact) mass is 488 g/mol. The van der Waals surface area contributed by atoms with Crippen LogP contribution in [0.15, 0.2) is 32.6 Å². The van der Waals surface area contributed by atoms with E-state index < -0.39 is 5.97 Å². The Labute approximate surface area is 197 Å². The van der Waals surface area contributed by atoms with Crippen molar-refractivity contribution in [1.29, 1.82) is 0 Å². The maximum Gasteiger partial charge on any atom is 0.305 e. The Morgan fingerprint density at radius 2 is 1.94 bits per heavy atom. The van der Waals surface area contributed by atoms with Crippen molar-refractivity contribution in [3.05, 3.63) is 38.7 Å². The predicted molar refractivity (Wildman–Crippen MR) is 120 cm³/mol. The number of thioether (sulfide) groups is 1. The van der Waals surface area contributed by atoms with E-state index in [1.54, 1.807) is 18.0 Å². The van der Waals surface area contributed by atoms with E-state index in [0.717, 1.165) is 22.1 Å². The smallest absolute Gasteiger partial charge is 0.305 e. The standard InChI is InChI=1S/C23H24N2O6S2/c26-13(27)6-2-1-3-7-25-21(28)15-10-9-11(16(15)22(25)29)18-14(10)17(12-5-4-8-31-12)19-20(32-18)24-23(30)33-19/h4-5,8,10-11,14-18H,1-3,6-7,9H2,(H,24,30)(H,26,27)/t10-,11-,14+,15-,16-,17-,18-/m1/s1. The molecule has 3 fully saturated rings. The fourth-order valence-corrected chi connectivity index (χ4v) is 9.68. The van der Waals surface area contributed by atoms with Crippen LogP contribution in [0.4, 0.5) is 0 Å². The Balaban J connectivity index is 1.27. The van der Waals surface area contributed by atoms with Gasteiger partial charge in [-0.3, -0.25) is 24.1 Å². The highest BCUT2D eigenvalue weighted by Crippen LogP contribution is 2.68. The number of hydrogen-bond acceptors (Lipinski definition) is 7. The fourth-order valence-electron chi connectivity index (χ4n) is 6.81. The van der Waals surface area contributed by atoms with Crippen LogP contribution in [0, 0.1) is 29.6 Å². The molecule has 33 heavy (non-hydrogen) atoms. The predicted octanol–water partition coefficient (Wildman–Crippen LogP) is 3.15. The van der Waals surface area contributed by atoms with Crippen molar-refractivity contribution < 1.29 is 23.9 Å². The van der Waals surface area contributed by atoms with Crippen LogP contribution in [0.25, 0.3) is 0 Å². The first-order valence-electron chi connectivity index (χ1n) is 11.5. The van der Waals surface area contributed by atoms with Gasteiger partial charge < -0.3 is 14.5 Å². The summed E-state index contributed by atoms with van der Waals surface area (Å²) in [6.07, 6.45) is 4.48. The van der Waals surface area contributed by atoms with Crippen molar-refractivity contribution in [3.63, 3.8) is 0 Å². The zero-order chi connectivity index (χ0) is 22.9. The summed E-state index contributed by atoms with van der Waals surface area (Å²) in [5.41, 5.74) is 0. The quantitative estimate of drug-likeness (QED) is 0.454. The van der Waals surface area contributed by atoms with E-state index in [2.05, 4.69) is 4.98 Å². The number of aromatic amines is 1. The Morgan fingerprint density at radius 1 is 1.15 bits per heavy atom. The minimum Gasteiger partial charge on any atom is -0.481 e. The Bertz CT molecular complexity index is 1170. The van der Waals surface area contributed by atoms with Crippen molar-refractivity contribution in [1.82, 2.24) is 9.88 Å². The number of carbonyl (C=O) groups is 3. The van der Waals surface area contributed by atoms with Gasteiger partial charge in [0.15, 0.2) is 0 Å². The van der Waals surface area contributed by atoms with Crippen LogP contribution in [-0.2, 0) is 14.4 Å². The minimum atomic E-state index is -0.824. The number of carbonyl (C=O) groups excluding carboxylic acids is 2. The maximum absolute atomic E-state index is 13.4. The van der Waals surface area contributed by atoms with Crippen molar-refractivity contribution in [2.45, 2.75) is 48.3 Å². The lowest BCUT2D eigenvalue weighted by Gasteiger charge is -2.42. The molecule has 6 rings (SSSR count). The van der Waals surface area contributed by atoms with E-state index in [1.807, 2.05) is 12.1 Å². The molecule has 0 unspecified atom stereocenters. The largest absolute Gasteiger partial charge is 0.481 e. The number of carboxylic acid groups (broad SMARTS) is 1. The minimum absolute atomic E-state index is 0.0612. The third kappa shape index (κ3) is 3.17. The number of H-pyrrole nitrogens is 1. The second-order valence-corrected chi connectivity index (χ2v) is 11.7.